The Bertz CT molecular complexity index is 742. The Kier molecular flexibility index (Phi) is 3.35. The summed E-state index contributed by atoms with van der Waals surface area (Å²) in [6.45, 7) is 1.86. The zero-order chi connectivity index (χ0) is 13.5. The van der Waals surface area contributed by atoms with E-state index >= 15 is 0 Å². The molecule has 4 nitrogen and oxygen atoms in total. The molecule has 0 unspecified atom stereocenters. The van der Waals surface area contributed by atoms with Crippen LogP contribution in [0.3, 0.4) is 0 Å². The zero-order valence-electron chi connectivity index (χ0n) is 9.68. The first-order valence-electron chi connectivity index (χ1n) is 5.01. The number of thiazole rings is 1. The third-order valence-corrected chi connectivity index (χ3v) is 5.86. The molecule has 2 aromatic rings. The van der Waals surface area contributed by atoms with Gasteiger partial charge in [0.05, 0.1) is 4.90 Å². The fourth-order valence-electron chi connectivity index (χ4n) is 1.52. The summed E-state index contributed by atoms with van der Waals surface area (Å²) in [4.78, 5) is 11.2. The fraction of sp³-hybridized carbons (Fsp3) is 0.182. The Morgan fingerprint density at radius 2 is 1.78 bits per heavy atom. The highest BCUT2D eigenvalue weighted by atomic mass is 35.5. The van der Waals surface area contributed by atoms with Crippen LogP contribution in [-0.4, -0.2) is 13.0 Å². The van der Waals surface area contributed by atoms with Gasteiger partial charge in [0, 0.05) is 7.05 Å². The third-order valence-electron chi connectivity index (χ3n) is 2.51. The number of aromatic nitrogens is 1. The van der Waals surface area contributed by atoms with Gasteiger partial charge in [-0.1, -0.05) is 40.6 Å². The Morgan fingerprint density at radius 3 is 2.22 bits per heavy atom. The smallest absolute Gasteiger partial charge is 0.291 e. The van der Waals surface area contributed by atoms with Crippen LogP contribution in [0.15, 0.2) is 39.0 Å². The number of hydrogen-bond donors (Lipinski definition) is 0. The maximum Gasteiger partial charge on any atom is 0.309 e. The lowest BCUT2D eigenvalue weighted by atomic mass is 10.2. The van der Waals surface area contributed by atoms with Gasteiger partial charge in [-0.2, -0.15) is 0 Å². The molecule has 0 saturated heterocycles. The lowest BCUT2D eigenvalue weighted by Gasteiger charge is -2.05. The molecule has 18 heavy (non-hydrogen) atoms. The molecule has 0 radical (unpaired) electrons. The monoisotopic (exact) mass is 303 g/mol. The minimum absolute atomic E-state index is 0.0110. The van der Waals surface area contributed by atoms with Gasteiger partial charge in [0.2, 0.25) is 9.84 Å². The van der Waals surface area contributed by atoms with Crippen molar-refractivity contribution in [1.82, 2.24) is 4.57 Å². The summed E-state index contributed by atoms with van der Waals surface area (Å²) in [5.41, 5.74) is 0.958. The molecule has 1 heterocycles. The molecule has 2 rings (SSSR count). The molecule has 0 bridgehead atoms. The minimum Gasteiger partial charge on any atom is -0.291 e. The highest BCUT2D eigenvalue weighted by molar-refractivity contribution is 7.91. The first kappa shape index (κ1) is 13.3. The van der Waals surface area contributed by atoms with E-state index in [-0.39, 0.29) is 14.3 Å². The van der Waals surface area contributed by atoms with Crippen LogP contribution in [0.4, 0.5) is 0 Å². The van der Waals surface area contributed by atoms with E-state index in [1.54, 1.807) is 12.1 Å². The molecule has 0 aliphatic carbocycles. The van der Waals surface area contributed by atoms with Crippen LogP contribution < -0.4 is 4.87 Å². The highest BCUT2D eigenvalue weighted by Gasteiger charge is 2.26. The van der Waals surface area contributed by atoms with Crippen LogP contribution in [0.25, 0.3) is 0 Å². The second-order valence-corrected chi connectivity index (χ2v) is 7.25. The van der Waals surface area contributed by atoms with E-state index < -0.39 is 14.7 Å². The molecular formula is C11H10ClNO3S2. The van der Waals surface area contributed by atoms with Crippen molar-refractivity contribution in [3.8, 4) is 0 Å². The quantitative estimate of drug-likeness (QED) is 0.855. The van der Waals surface area contributed by atoms with E-state index in [4.69, 9.17) is 11.6 Å². The Hall–Kier alpha value is -1.11. The molecule has 1 aromatic heterocycles. The lowest BCUT2D eigenvalue weighted by molar-refractivity contribution is 0.584. The van der Waals surface area contributed by atoms with Crippen LogP contribution in [-0.2, 0) is 16.9 Å². The van der Waals surface area contributed by atoms with Gasteiger partial charge in [-0.05, 0) is 19.1 Å². The molecule has 0 atom stereocenters. The van der Waals surface area contributed by atoms with Crippen LogP contribution in [0.2, 0.25) is 4.34 Å². The van der Waals surface area contributed by atoms with Gasteiger partial charge in [0.15, 0.2) is 5.03 Å². The van der Waals surface area contributed by atoms with E-state index in [0.717, 1.165) is 10.1 Å². The maximum absolute atomic E-state index is 12.4. The summed E-state index contributed by atoms with van der Waals surface area (Å²) in [6, 6.07) is 6.41. The summed E-state index contributed by atoms with van der Waals surface area (Å²) < 4.78 is 25.8. The number of rotatable bonds is 2. The van der Waals surface area contributed by atoms with Crippen molar-refractivity contribution in [2.45, 2.75) is 16.8 Å². The van der Waals surface area contributed by atoms with Crippen molar-refractivity contribution >= 4 is 32.8 Å². The molecule has 7 heteroatoms. The van der Waals surface area contributed by atoms with Crippen LogP contribution in [0.5, 0.6) is 0 Å². The molecule has 0 N–H and O–H groups in total. The van der Waals surface area contributed by atoms with Gasteiger partial charge in [0.25, 0.3) is 0 Å². The van der Waals surface area contributed by atoms with Crippen molar-refractivity contribution in [1.29, 1.82) is 0 Å². The number of aryl methyl sites for hydroxylation is 1. The predicted octanol–water partition coefficient (Wildman–Crippen LogP) is 2.24. The molecule has 0 aliphatic heterocycles. The van der Waals surface area contributed by atoms with Gasteiger partial charge in [-0.15, -0.1) is 0 Å². The Balaban J connectivity index is 2.69. The van der Waals surface area contributed by atoms with Gasteiger partial charge in [-0.25, -0.2) is 8.42 Å². The largest absolute Gasteiger partial charge is 0.309 e. The predicted molar refractivity (Wildman–Crippen MR) is 71.2 cm³/mol. The van der Waals surface area contributed by atoms with Crippen molar-refractivity contribution in [3.05, 3.63) is 43.8 Å². The van der Waals surface area contributed by atoms with E-state index in [1.165, 1.54) is 19.2 Å². The Morgan fingerprint density at radius 1 is 1.22 bits per heavy atom. The molecule has 96 valence electrons. The van der Waals surface area contributed by atoms with E-state index in [1.807, 2.05) is 6.92 Å². The zero-order valence-corrected chi connectivity index (χ0v) is 12.1. The van der Waals surface area contributed by atoms with E-state index in [0.29, 0.717) is 11.3 Å². The van der Waals surface area contributed by atoms with E-state index in [2.05, 4.69) is 0 Å². The molecule has 0 aliphatic rings. The molecule has 1 aromatic carbocycles. The van der Waals surface area contributed by atoms with Crippen molar-refractivity contribution in [2.24, 2.45) is 7.05 Å². The number of hydrogen-bond acceptors (Lipinski definition) is 4. The first-order chi connectivity index (χ1) is 8.34. The van der Waals surface area contributed by atoms with Gasteiger partial charge in [-0.3, -0.25) is 9.36 Å². The standard InChI is InChI=1S/C11H10ClNO3S2/c1-7-3-5-8(6-4-7)18(15,16)10-9(12)17-11(14)13(10)2/h3-6H,1-2H3. The van der Waals surface area contributed by atoms with Crippen molar-refractivity contribution in [3.63, 3.8) is 0 Å². The molecule has 0 saturated carbocycles. The molecule has 0 amide bonds. The lowest BCUT2D eigenvalue weighted by Crippen LogP contribution is -2.15. The molecule has 0 spiro atoms. The third kappa shape index (κ3) is 2.11. The minimum atomic E-state index is -3.75. The topological polar surface area (TPSA) is 56.1 Å². The van der Waals surface area contributed by atoms with Crippen LogP contribution >= 0.6 is 22.9 Å². The molecule has 0 fully saturated rings. The van der Waals surface area contributed by atoms with Crippen LogP contribution in [0.1, 0.15) is 5.56 Å². The molecular weight excluding hydrogens is 294 g/mol. The van der Waals surface area contributed by atoms with Crippen molar-refractivity contribution < 1.29 is 8.42 Å². The SMILES string of the molecule is Cc1ccc(S(=O)(=O)c2c(Cl)sc(=O)n2C)cc1. The average Bonchev–Trinajstić information content (AvgIpc) is 2.54. The van der Waals surface area contributed by atoms with Crippen LogP contribution in [0, 0.1) is 6.92 Å². The highest BCUT2D eigenvalue weighted by Crippen LogP contribution is 2.28. The summed E-state index contributed by atoms with van der Waals surface area (Å²) in [5.74, 6) is 0. The fourth-order valence-corrected chi connectivity index (χ4v) is 4.64. The van der Waals surface area contributed by atoms with Gasteiger partial charge >= 0.3 is 4.87 Å². The second-order valence-electron chi connectivity index (χ2n) is 3.82. The summed E-state index contributed by atoms with van der Waals surface area (Å²) in [7, 11) is -2.36. The van der Waals surface area contributed by atoms with Gasteiger partial charge in [0.1, 0.15) is 4.34 Å². The summed E-state index contributed by atoms with van der Waals surface area (Å²) in [5, 5.41) is -0.150. The van der Waals surface area contributed by atoms with E-state index in [9.17, 15) is 13.2 Å². The number of nitrogens with zero attached hydrogens (tertiary/aromatic N) is 1. The maximum atomic E-state index is 12.4. The number of benzene rings is 1. The average molecular weight is 304 g/mol. The number of sulfone groups is 1. The Labute approximate surface area is 113 Å². The normalized spacial score (nSPS) is 11.7. The summed E-state index contributed by atoms with van der Waals surface area (Å²) in [6.07, 6.45) is 0. The van der Waals surface area contributed by atoms with Gasteiger partial charge < -0.3 is 0 Å². The summed E-state index contributed by atoms with van der Waals surface area (Å²) >= 11 is 6.55. The second kappa shape index (κ2) is 4.53. The van der Waals surface area contributed by atoms with Crippen molar-refractivity contribution in [2.75, 3.05) is 0 Å². The first-order valence-corrected chi connectivity index (χ1v) is 7.69. The number of halogens is 1.